The maximum atomic E-state index is 12.4. The number of amides is 1. The highest BCUT2D eigenvalue weighted by molar-refractivity contribution is 6.29. The van der Waals surface area contributed by atoms with E-state index in [1.807, 2.05) is 12.1 Å². The first-order valence-corrected chi connectivity index (χ1v) is 6.97. The van der Waals surface area contributed by atoms with Gasteiger partial charge in [-0.3, -0.25) is 9.59 Å². The van der Waals surface area contributed by atoms with Gasteiger partial charge in [-0.05, 0) is 36.2 Å². The average molecular weight is 293 g/mol. The number of methoxy groups -OCH3 is 1. The van der Waals surface area contributed by atoms with Gasteiger partial charge < -0.3 is 10.1 Å². The Morgan fingerprint density at radius 2 is 1.82 bits per heavy atom. The Morgan fingerprint density at radius 1 is 1.09 bits per heavy atom. The first kappa shape index (κ1) is 14.1. The van der Waals surface area contributed by atoms with Gasteiger partial charge >= 0.3 is 0 Å². The van der Waals surface area contributed by atoms with Crippen LogP contribution in [0.4, 0.5) is 5.69 Å². The lowest BCUT2D eigenvalue weighted by molar-refractivity contribution is -0.112. The van der Waals surface area contributed by atoms with E-state index in [0.717, 1.165) is 5.56 Å². The molecule has 3 rings (SSSR count). The molecule has 0 saturated heterocycles. The van der Waals surface area contributed by atoms with E-state index in [-0.39, 0.29) is 17.3 Å². The van der Waals surface area contributed by atoms with Crippen LogP contribution in [0.2, 0.25) is 0 Å². The number of allylic oxidation sites excluding steroid dienone is 1. The highest BCUT2D eigenvalue weighted by Gasteiger charge is 2.25. The Hall–Kier alpha value is -2.88. The lowest BCUT2D eigenvalue weighted by Crippen LogP contribution is -2.24. The molecule has 110 valence electrons. The second-order valence-corrected chi connectivity index (χ2v) is 4.99. The van der Waals surface area contributed by atoms with E-state index >= 15 is 0 Å². The van der Waals surface area contributed by atoms with E-state index in [1.54, 1.807) is 49.6 Å². The Balaban J connectivity index is 1.78. The number of fused-ring (bicyclic) bond motifs is 1. The van der Waals surface area contributed by atoms with Gasteiger partial charge in [0.25, 0.3) is 5.91 Å². The largest absolute Gasteiger partial charge is 0.497 e. The third-order valence-corrected chi connectivity index (χ3v) is 3.63. The van der Waals surface area contributed by atoms with Crippen LogP contribution in [0, 0.1) is 0 Å². The van der Waals surface area contributed by atoms with Crippen molar-refractivity contribution < 1.29 is 14.3 Å². The van der Waals surface area contributed by atoms with E-state index in [4.69, 9.17) is 4.74 Å². The highest BCUT2D eigenvalue weighted by Crippen LogP contribution is 2.22. The number of ether oxygens (including phenoxy) is 1. The van der Waals surface area contributed by atoms with Crippen molar-refractivity contribution in [3.8, 4) is 5.75 Å². The maximum Gasteiger partial charge on any atom is 0.259 e. The second kappa shape index (κ2) is 5.85. The number of benzene rings is 2. The summed E-state index contributed by atoms with van der Waals surface area (Å²) < 4.78 is 5.07. The van der Waals surface area contributed by atoms with Gasteiger partial charge in [0.1, 0.15) is 5.75 Å². The molecule has 4 nitrogen and oxygen atoms in total. The topological polar surface area (TPSA) is 55.4 Å². The number of ketones is 1. The molecule has 4 heteroatoms. The molecule has 0 aromatic heterocycles. The maximum absolute atomic E-state index is 12.4. The summed E-state index contributed by atoms with van der Waals surface area (Å²) >= 11 is 0. The summed E-state index contributed by atoms with van der Waals surface area (Å²) in [6.45, 7) is 0. The summed E-state index contributed by atoms with van der Waals surface area (Å²) in [6.07, 6.45) is 2.27. The molecule has 1 aliphatic carbocycles. The van der Waals surface area contributed by atoms with Gasteiger partial charge in [0, 0.05) is 11.3 Å². The number of hydrogen-bond donors (Lipinski definition) is 1. The van der Waals surface area contributed by atoms with Crippen molar-refractivity contribution in [1.82, 2.24) is 0 Å². The van der Waals surface area contributed by atoms with Gasteiger partial charge in [-0.2, -0.15) is 0 Å². The molecule has 0 radical (unpaired) electrons. The van der Waals surface area contributed by atoms with E-state index in [9.17, 15) is 9.59 Å². The minimum Gasteiger partial charge on any atom is -0.497 e. The van der Waals surface area contributed by atoms with Crippen LogP contribution in [0.5, 0.6) is 5.75 Å². The molecule has 0 unspecified atom stereocenters. The number of carbonyl (C=O) groups is 2. The molecule has 2 aromatic carbocycles. The van der Waals surface area contributed by atoms with Crippen molar-refractivity contribution >= 4 is 17.4 Å². The molecule has 0 bridgehead atoms. The summed E-state index contributed by atoms with van der Waals surface area (Å²) in [6, 6.07) is 14.3. The minimum absolute atomic E-state index is 0.189. The van der Waals surface area contributed by atoms with Crippen LogP contribution in [0.15, 0.2) is 60.2 Å². The zero-order valence-corrected chi connectivity index (χ0v) is 12.1. The first-order valence-electron chi connectivity index (χ1n) is 6.97. The van der Waals surface area contributed by atoms with Crippen LogP contribution >= 0.6 is 0 Å². The number of carbonyl (C=O) groups excluding carboxylic acids is 2. The molecular weight excluding hydrogens is 278 g/mol. The van der Waals surface area contributed by atoms with Gasteiger partial charge in [0.2, 0.25) is 0 Å². The van der Waals surface area contributed by atoms with Crippen LogP contribution in [0.1, 0.15) is 15.9 Å². The van der Waals surface area contributed by atoms with Crippen molar-refractivity contribution in [1.29, 1.82) is 0 Å². The van der Waals surface area contributed by atoms with E-state index in [2.05, 4.69) is 5.32 Å². The third kappa shape index (κ3) is 2.63. The van der Waals surface area contributed by atoms with Crippen molar-refractivity contribution in [3.05, 3.63) is 71.3 Å². The Labute approximate surface area is 128 Å². The van der Waals surface area contributed by atoms with Crippen molar-refractivity contribution in [2.45, 2.75) is 6.42 Å². The highest BCUT2D eigenvalue weighted by atomic mass is 16.5. The number of nitrogens with one attached hydrogen (secondary N) is 1. The minimum atomic E-state index is -0.385. The van der Waals surface area contributed by atoms with Gasteiger partial charge in [-0.1, -0.05) is 30.3 Å². The first-order chi connectivity index (χ1) is 10.7. The van der Waals surface area contributed by atoms with Crippen LogP contribution in [-0.4, -0.2) is 18.8 Å². The monoisotopic (exact) mass is 293 g/mol. The third-order valence-electron chi connectivity index (χ3n) is 3.63. The standard InChI is InChI=1S/C18H15NO3/c1-22-14-9-7-13(8-10-14)19-18(21)16-11-6-12-4-2-3-5-15(12)17(16)20/h2-5,7-11H,6H2,1H3,(H,19,21). The predicted molar refractivity (Wildman–Crippen MR) is 84.2 cm³/mol. The van der Waals surface area contributed by atoms with Crippen LogP contribution in [0.3, 0.4) is 0 Å². The smallest absolute Gasteiger partial charge is 0.259 e. The van der Waals surface area contributed by atoms with Crippen LogP contribution < -0.4 is 10.1 Å². The Bertz CT molecular complexity index is 760. The van der Waals surface area contributed by atoms with Gasteiger partial charge in [-0.15, -0.1) is 0 Å². The average Bonchev–Trinajstić information content (AvgIpc) is 2.56. The number of anilines is 1. The van der Waals surface area contributed by atoms with Gasteiger partial charge in [-0.25, -0.2) is 0 Å². The molecule has 1 amide bonds. The van der Waals surface area contributed by atoms with E-state index in [1.165, 1.54) is 0 Å². The predicted octanol–water partition coefficient (Wildman–Crippen LogP) is 3.00. The van der Waals surface area contributed by atoms with E-state index in [0.29, 0.717) is 23.4 Å². The lowest BCUT2D eigenvalue weighted by Gasteiger charge is -2.15. The van der Waals surface area contributed by atoms with Crippen LogP contribution in [-0.2, 0) is 11.2 Å². The molecule has 1 aliphatic rings. The molecule has 22 heavy (non-hydrogen) atoms. The number of hydrogen-bond acceptors (Lipinski definition) is 3. The Kier molecular flexibility index (Phi) is 3.74. The van der Waals surface area contributed by atoms with Crippen molar-refractivity contribution in [2.24, 2.45) is 0 Å². The summed E-state index contributed by atoms with van der Waals surface area (Å²) in [5.41, 5.74) is 2.37. The fourth-order valence-electron chi connectivity index (χ4n) is 2.44. The summed E-state index contributed by atoms with van der Waals surface area (Å²) in [5.74, 6) is 0.0948. The normalized spacial score (nSPS) is 13.1. The lowest BCUT2D eigenvalue weighted by atomic mass is 9.90. The zero-order valence-electron chi connectivity index (χ0n) is 12.1. The van der Waals surface area contributed by atoms with Crippen molar-refractivity contribution in [3.63, 3.8) is 0 Å². The molecular formula is C18H15NO3. The molecule has 0 aliphatic heterocycles. The summed E-state index contributed by atoms with van der Waals surface area (Å²) in [7, 11) is 1.58. The van der Waals surface area contributed by atoms with E-state index < -0.39 is 0 Å². The zero-order chi connectivity index (χ0) is 15.5. The van der Waals surface area contributed by atoms with Gasteiger partial charge in [0.05, 0.1) is 12.7 Å². The molecule has 0 heterocycles. The quantitative estimate of drug-likeness (QED) is 0.885. The SMILES string of the molecule is COc1ccc(NC(=O)C2=CCc3ccccc3C2=O)cc1. The van der Waals surface area contributed by atoms with Crippen molar-refractivity contribution in [2.75, 3.05) is 12.4 Å². The summed E-state index contributed by atoms with van der Waals surface area (Å²) in [5, 5.41) is 2.74. The summed E-state index contributed by atoms with van der Waals surface area (Å²) in [4.78, 5) is 24.7. The number of rotatable bonds is 3. The van der Waals surface area contributed by atoms with Crippen LogP contribution in [0.25, 0.3) is 0 Å². The Morgan fingerprint density at radius 3 is 2.55 bits per heavy atom. The van der Waals surface area contributed by atoms with Gasteiger partial charge in [0.15, 0.2) is 5.78 Å². The molecule has 0 atom stereocenters. The molecule has 0 spiro atoms. The molecule has 0 saturated carbocycles. The second-order valence-electron chi connectivity index (χ2n) is 4.99. The molecule has 0 fully saturated rings. The number of Topliss-reactive ketones (excluding diaryl/α,β-unsaturated/α-hetero) is 1. The fourth-order valence-corrected chi connectivity index (χ4v) is 2.44. The molecule has 2 aromatic rings. The fraction of sp³-hybridized carbons (Fsp3) is 0.111. The molecule has 1 N–H and O–H groups in total.